The Morgan fingerprint density at radius 3 is 1.80 bits per heavy atom. The van der Waals surface area contributed by atoms with Gasteiger partial charge in [0, 0.05) is 11.2 Å². The maximum Gasteiger partial charge on any atom is 0.586 e. The van der Waals surface area contributed by atoms with Gasteiger partial charge in [-0.05, 0) is 48.2 Å². The van der Waals surface area contributed by atoms with Crippen LogP contribution in [0.25, 0.3) is 0 Å². The number of nitriles is 2. The largest absolute Gasteiger partial charge is 0.586 e. The number of rotatable bonds is 3. The van der Waals surface area contributed by atoms with Crippen LogP contribution in [0.15, 0.2) is 36.4 Å². The highest BCUT2D eigenvalue weighted by atomic mass is 79.9. The summed E-state index contributed by atoms with van der Waals surface area (Å²) in [5, 5.41) is 18.3. The van der Waals surface area contributed by atoms with Gasteiger partial charge in [0.25, 0.3) is 0 Å². The molecule has 0 atom stereocenters. The fraction of sp³-hybridized carbons (Fsp3) is 0.391. The number of alkyl halides is 6. The molecule has 0 aromatic heterocycles. The van der Waals surface area contributed by atoms with E-state index in [1.54, 1.807) is 12.1 Å². The zero-order valence-corrected chi connectivity index (χ0v) is 19.6. The average Bonchev–Trinajstić information content (AvgIpc) is 3.43. The first-order valence-electron chi connectivity index (χ1n) is 9.76. The van der Waals surface area contributed by atoms with Gasteiger partial charge in [0.2, 0.25) is 0 Å². The van der Waals surface area contributed by atoms with Gasteiger partial charge in [0.1, 0.15) is 0 Å². The summed E-state index contributed by atoms with van der Waals surface area (Å²) in [6.45, 7) is 0. The van der Waals surface area contributed by atoms with Crippen LogP contribution in [0.1, 0.15) is 31.4 Å². The number of ether oxygens (including phenoxy) is 4. The second-order valence-corrected chi connectivity index (χ2v) is 8.36. The Balaban J connectivity index is 0.000000211. The van der Waals surface area contributed by atoms with E-state index in [4.69, 9.17) is 22.1 Å². The average molecular weight is 580 g/mol. The van der Waals surface area contributed by atoms with E-state index in [1.165, 1.54) is 24.3 Å². The van der Waals surface area contributed by atoms with E-state index < -0.39 is 18.0 Å². The molecular weight excluding hydrogens is 560 g/mol. The normalized spacial score (nSPS) is 17.7. The van der Waals surface area contributed by atoms with Crippen LogP contribution in [0, 0.1) is 22.7 Å². The number of nitrogens with zero attached hydrogens (tertiary/aromatic N) is 2. The molecule has 0 amide bonds. The lowest BCUT2D eigenvalue weighted by molar-refractivity contribution is -0.287. The molecule has 12 heteroatoms. The monoisotopic (exact) mass is 578 g/mol. The molecule has 188 valence electrons. The van der Waals surface area contributed by atoms with Gasteiger partial charge in [0.05, 0.1) is 24.0 Å². The minimum absolute atomic E-state index is 0. The van der Waals surface area contributed by atoms with Crippen molar-refractivity contribution in [3.8, 4) is 35.1 Å². The third-order valence-corrected chi connectivity index (χ3v) is 5.78. The summed E-state index contributed by atoms with van der Waals surface area (Å²) in [6, 6.07) is 12.9. The highest BCUT2D eigenvalue weighted by molar-refractivity contribution is 9.09. The molecule has 1 saturated carbocycles. The van der Waals surface area contributed by atoms with Crippen molar-refractivity contribution in [1.29, 1.82) is 10.5 Å². The van der Waals surface area contributed by atoms with E-state index in [1.807, 2.05) is 6.07 Å². The molecule has 0 N–H and O–H groups in total. The molecule has 2 aromatic carbocycles. The highest BCUT2D eigenvalue weighted by Crippen LogP contribution is 2.51. The lowest BCUT2D eigenvalue weighted by atomic mass is 9.97. The van der Waals surface area contributed by atoms with E-state index in [0.717, 1.165) is 23.7 Å². The van der Waals surface area contributed by atoms with E-state index in [-0.39, 0.29) is 36.8 Å². The summed E-state index contributed by atoms with van der Waals surface area (Å²) in [7, 11) is 0. The maximum absolute atomic E-state index is 12.8. The fourth-order valence-corrected chi connectivity index (χ4v) is 3.03. The molecule has 1 fully saturated rings. The topological polar surface area (TPSA) is 84.5 Å². The van der Waals surface area contributed by atoms with Gasteiger partial charge in [-0.15, -0.1) is 29.2 Å². The van der Waals surface area contributed by atoms with E-state index in [2.05, 4.69) is 40.9 Å². The van der Waals surface area contributed by atoms with E-state index >= 15 is 0 Å². The Bertz CT molecular complexity index is 1130. The zero-order chi connectivity index (χ0) is 25.0. The standard InChI is InChI=1S/C11H7F2NO2.C9H5F2NO2.C2H4BrCl.CH4/c12-11(13)15-8-2-1-7(5-9(8)16-11)10(6-14)3-4-10;10-9(11)13-7-2-1-6(3-4-12)5-8(7)14-9;3-1-2-4;/h1-2,5H,3-4H2;1-2,5H,3H2;1-2H2;1H4. The van der Waals surface area contributed by atoms with Crippen molar-refractivity contribution in [2.24, 2.45) is 0 Å². The molecule has 2 heterocycles. The van der Waals surface area contributed by atoms with Crippen LogP contribution in [-0.2, 0) is 11.8 Å². The number of benzene rings is 2. The SMILES string of the molecule is C.ClCCBr.N#CC1(c2ccc3c(c2)OC(F)(F)O3)CC1.N#CCc1ccc2c(c1)OC(F)(F)O2. The Labute approximate surface area is 213 Å². The lowest BCUT2D eigenvalue weighted by Crippen LogP contribution is -2.25. The summed E-state index contributed by atoms with van der Waals surface area (Å²) in [5.41, 5.74) is 0.832. The van der Waals surface area contributed by atoms with Crippen molar-refractivity contribution >= 4 is 27.5 Å². The molecule has 0 saturated heterocycles. The van der Waals surface area contributed by atoms with Gasteiger partial charge in [-0.3, -0.25) is 0 Å². The van der Waals surface area contributed by atoms with Gasteiger partial charge >= 0.3 is 12.6 Å². The van der Waals surface area contributed by atoms with Crippen LogP contribution >= 0.6 is 27.5 Å². The predicted octanol–water partition coefficient (Wildman–Crippen LogP) is 6.89. The van der Waals surface area contributed by atoms with E-state index in [0.29, 0.717) is 11.4 Å². The number of fused-ring (bicyclic) bond motifs is 2. The Kier molecular flexibility index (Phi) is 9.10. The first-order valence-corrected chi connectivity index (χ1v) is 11.4. The maximum atomic E-state index is 12.8. The van der Waals surface area contributed by atoms with Crippen molar-refractivity contribution in [3.05, 3.63) is 47.5 Å². The molecule has 35 heavy (non-hydrogen) atoms. The quantitative estimate of drug-likeness (QED) is 0.291. The van der Waals surface area contributed by atoms with Crippen LogP contribution in [0.3, 0.4) is 0 Å². The zero-order valence-electron chi connectivity index (χ0n) is 17.3. The van der Waals surface area contributed by atoms with Gasteiger partial charge in [0.15, 0.2) is 23.0 Å². The number of hydrogen-bond acceptors (Lipinski definition) is 6. The van der Waals surface area contributed by atoms with Crippen LogP contribution in [-0.4, -0.2) is 23.8 Å². The minimum atomic E-state index is -3.59. The lowest BCUT2D eigenvalue weighted by Gasteiger charge is -2.06. The third-order valence-electron chi connectivity index (χ3n) is 4.74. The molecule has 0 radical (unpaired) electrons. The molecule has 3 aliphatic rings. The second-order valence-electron chi connectivity index (χ2n) is 7.18. The molecular formula is C23H20BrClF4N2O4. The summed E-state index contributed by atoms with van der Waals surface area (Å²) in [6.07, 6.45) is -5.50. The van der Waals surface area contributed by atoms with Gasteiger partial charge in [-0.25, -0.2) is 0 Å². The van der Waals surface area contributed by atoms with Crippen molar-refractivity contribution in [2.75, 3.05) is 11.2 Å². The molecule has 0 bridgehead atoms. The second kappa shape index (κ2) is 11.2. The van der Waals surface area contributed by atoms with Crippen molar-refractivity contribution in [1.82, 2.24) is 0 Å². The van der Waals surface area contributed by atoms with Crippen LogP contribution in [0.2, 0.25) is 0 Å². The molecule has 2 aliphatic heterocycles. The smallest absolute Gasteiger partial charge is 0.395 e. The Morgan fingerprint density at radius 2 is 1.34 bits per heavy atom. The number of halogens is 6. The molecule has 0 unspecified atom stereocenters. The highest BCUT2D eigenvalue weighted by Gasteiger charge is 2.48. The minimum Gasteiger partial charge on any atom is -0.395 e. The van der Waals surface area contributed by atoms with Crippen molar-refractivity contribution < 1.29 is 36.5 Å². The predicted molar refractivity (Wildman–Crippen MR) is 122 cm³/mol. The first kappa shape index (κ1) is 28.3. The van der Waals surface area contributed by atoms with Crippen LogP contribution < -0.4 is 18.9 Å². The Morgan fingerprint density at radius 1 is 0.857 bits per heavy atom. The molecule has 1 aliphatic carbocycles. The summed E-state index contributed by atoms with van der Waals surface area (Å²) >= 11 is 8.26. The van der Waals surface area contributed by atoms with Gasteiger partial charge < -0.3 is 18.9 Å². The van der Waals surface area contributed by atoms with Crippen molar-refractivity contribution in [2.45, 2.75) is 44.7 Å². The Hall–Kier alpha value is -2.89. The summed E-state index contributed by atoms with van der Waals surface area (Å²) in [4.78, 5) is 0. The van der Waals surface area contributed by atoms with Crippen LogP contribution in [0.4, 0.5) is 17.6 Å². The van der Waals surface area contributed by atoms with E-state index in [9.17, 15) is 17.6 Å². The molecule has 0 spiro atoms. The first-order chi connectivity index (χ1) is 16.1. The van der Waals surface area contributed by atoms with Gasteiger partial charge in [-0.1, -0.05) is 35.5 Å². The number of hydrogen-bond donors (Lipinski definition) is 0. The third kappa shape index (κ3) is 7.06. The van der Waals surface area contributed by atoms with Crippen molar-refractivity contribution in [3.63, 3.8) is 0 Å². The molecule has 2 aromatic rings. The summed E-state index contributed by atoms with van der Waals surface area (Å²) in [5.74, 6) is 0.700. The molecule has 5 rings (SSSR count). The van der Waals surface area contributed by atoms with Gasteiger partial charge in [-0.2, -0.15) is 10.5 Å². The summed E-state index contributed by atoms with van der Waals surface area (Å²) < 4.78 is 67.6. The molecule has 6 nitrogen and oxygen atoms in total. The fourth-order valence-electron chi connectivity index (χ4n) is 3.03. The van der Waals surface area contributed by atoms with Crippen LogP contribution in [0.5, 0.6) is 23.0 Å².